The summed E-state index contributed by atoms with van der Waals surface area (Å²) in [7, 11) is 2.21. The van der Waals surface area contributed by atoms with E-state index in [2.05, 4.69) is 27.1 Å². The molecular weight excluding hydrogens is 320 g/mol. The lowest BCUT2D eigenvalue weighted by molar-refractivity contribution is -0.121. The Morgan fingerprint density at radius 2 is 2.00 bits per heavy atom. The second-order valence-electron chi connectivity index (χ2n) is 7.35. The Labute approximate surface area is 149 Å². The molecule has 2 saturated heterocycles. The van der Waals surface area contributed by atoms with E-state index in [0.29, 0.717) is 18.5 Å². The van der Waals surface area contributed by atoms with E-state index < -0.39 is 0 Å². The van der Waals surface area contributed by atoms with Crippen LogP contribution >= 0.6 is 11.3 Å². The van der Waals surface area contributed by atoms with Gasteiger partial charge in [-0.05, 0) is 66.2 Å². The topological polar surface area (TPSA) is 48.5 Å². The zero-order valence-corrected chi connectivity index (χ0v) is 16.0. The number of piperidine rings is 2. The summed E-state index contributed by atoms with van der Waals surface area (Å²) in [5.41, 5.74) is 1.00. The molecule has 2 fully saturated rings. The standard InChI is InChI=1S/C18H30N4OS/c1-13-17(24-14(2)19-13)11-18(23)20-15-5-4-8-22(12-15)16-6-9-21(3)10-7-16/h15-16H,4-12H2,1-3H3,(H,20,23). The normalized spacial score (nSPS) is 24.2. The van der Waals surface area contributed by atoms with Crippen LogP contribution in [0.4, 0.5) is 0 Å². The molecule has 0 spiro atoms. The van der Waals surface area contributed by atoms with Crippen LogP contribution in [0.1, 0.15) is 41.3 Å². The summed E-state index contributed by atoms with van der Waals surface area (Å²) < 4.78 is 0. The van der Waals surface area contributed by atoms with Crippen molar-refractivity contribution in [1.82, 2.24) is 20.1 Å². The summed E-state index contributed by atoms with van der Waals surface area (Å²) in [6, 6.07) is 1.01. The smallest absolute Gasteiger partial charge is 0.225 e. The number of rotatable bonds is 4. The second kappa shape index (κ2) is 7.93. The third-order valence-electron chi connectivity index (χ3n) is 5.34. The Balaban J connectivity index is 1.49. The summed E-state index contributed by atoms with van der Waals surface area (Å²) in [6.45, 7) is 8.59. The first-order valence-electron chi connectivity index (χ1n) is 9.16. The van der Waals surface area contributed by atoms with E-state index in [-0.39, 0.29) is 5.91 Å². The van der Waals surface area contributed by atoms with Gasteiger partial charge in [-0.1, -0.05) is 0 Å². The van der Waals surface area contributed by atoms with Gasteiger partial charge in [0, 0.05) is 23.5 Å². The first kappa shape index (κ1) is 17.8. The van der Waals surface area contributed by atoms with Crippen molar-refractivity contribution in [2.75, 3.05) is 33.2 Å². The van der Waals surface area contributed by atoms with E-state index in [1.807, 2.05) is 13.8 Å². The maximum Gasteiger partial charge on any atom is 0.225 e. The maximum atomic E-state index is 12.4. The van der Waals surface area contributed by atoms with Gasteiger partial charge in [-0.15, -0.1) is 11.3 Å². The van der Waals surface area contributed by atoms with Gasteiger partial charge in [-0.2, -0.15) is 0 Å². The van der Waals surface area contributed by atoms with Gasteiger partial charge in [0.15, 0.2) is 0 Å². The third-order valence-corrected chi connectivity index (χ3v) is 6.42. The Morgan fingerprint density at radius 3 is 2.67 bits per heavy atom. The third kappa shape index (κ3) is 4.55. The highest BCUT2D eigenvalue weighted by molar-refractivity contribution is 7.11. The monoisotopic (exact) mass is 350 g/mol. The minimum Gasteiger partial charge on any atom is -0.352 e. The van der Waals surface area contributed by atoms with Crippen molar-refractivity contribution >= 4 is 17.2 Å². The van der Waals surface area contributed by atoms with Gasteiger partial charge in [0.2, 0.25) is 5.91 Å². The maximum absolute atomic E-state index is 12.4. The lowest BCUT2D eigenvalue weighted by Gasteiger charge is -2.41. The first-order valence-corrected chi connectivity index (χ1v) is 9.98. The molecule has 3 heterocycles. The minimum atomic E-state index is 0.150. The largest absolute Gasteiger partial charge is 0.352 e. The average Bonchev–Trinajstić information content (AvgIpc) is 2.85. The fourth-order valence-electron chi connectivity index (χ4n) is 3.98. The first-order chi connectivity index (χ1) is 11.5. The number of aromatic nitrogens is 1. The molecule has 2 aliphatic heterocycles. The molecule has 0 saturated carbocycles. The molecule has 1 N–H and O–H groups in total. The fourth-order valence-corrected chi connectivity index (χ4v) is 4.91. The zero-order chi connectivity index (χ0) is 17.1. The molecule has 2 aliphatic rings. The summed E-state index contributed by atoms with van der Waals surface area (Å²) >= 11 is 1.64. The van der Waals surface area contributed by atoms with Crippen molar-refractivity contribution in [3.63, 3.8) is 0 Å². The van der Waals surface area contributed by atoms with Crippen LogP contribution in [-0.2, 0) is 11.2 Å². The molecule has 1 amide bonds. The predicted octanol–water partition coefficient (Wildman–Crippen LogP) is 1.98. The number of nitrogens with zero attached hydrogens (tertiary/aromatic N) is 3. The number of aryl methyl sites for hydroxylation is 2. The predicted molar refractivity (Wildman–Crippen MR) is 98.5 cm³/mol. The second-order valence-corrected chi connectivity index (χ2v) is 8.64. The number of carbonyl (C=O) groups excluding carboxylic acids is 1. The van der Waals surface area contributed by atoms with Crippen molar-refractivity contribution in [3.8, 4) is 0 Å². The highest BCUT2D eigenvalue weighted by Crippen LogP contribution is 2.21. The quantitative estimate of drug-likeness (QED) is 0.902. The highest BCUT2D eigenvalue weighted by Gasteiger charge is 2.28. The van der Waals surface area contributed by atoms with Crippen LogP contribution in [0, 0.1) is 13.8 Å². The molecule has 3 rings (SSSR count). The van der Waals surface area contributed by atoms with Crippen molar-refractivity contribution in [1.29, 1.82) is 0 Å². The number of amides is 1. The van der Waals surface area contributed by atoms with E-state index in [1.165, 1.54) is 38.9 Å². The molecule has 24 heavy (non-hydrogen) atoms. The van der Waals surface area contributed by atoms with Crippen LogP contribution in [0.5, 0.6) is 0 Å². The Morgan fingerprint density at radius 1 is 1.25 bits per heavy atom. The van der Waals surface area contributed by atoms with Crippen LogP contribution in [0.25, 0.3) is 0 Å². The molecule has 0 bridgehead atoms. The molecule has 1 aromatic heterocycles. The van der Waals surface area contributed by atoms with Crippen LogP contribution < -0.4 is 5.32 Å². The lowest BCUT2D eigenvalue weighted by Crippen LogP contribution is -2.53. The molecule has 0 aliphatic carbocycles. The Bertz CT molecular complexity index is 565. The number of hydrogen-bond donors (Lipinski definition) is 1. The van der Waals surface area contributed by atoms with E-state index in [1.54, 1.807) is 11.3 Å². The molecular formula is C18H30N4OS. The van der Waals surface area contributed by atoms with Gasteiger partial charge in [0.05, 0.1) is 17.1 Å². The molecule has 1 aromatic rings. The summed E-state index contributed by atoms with van der Waals surface area (Å²) in [6.07, 6.45) is 5.29. The number of likely N-dealkylation sites (tertiary alicyclic amines) is 2. The van der Waals surface area contributed by atoms with Crippen molar-refractivity contribution in [3.05, 3.63) is 15.6 Å². The van der Waals surface area contributed by atoms with Crippen LogP contribution in [0.15, 0.2) is 0 Å². The SMILES string of the molecule is Cc1nc(C)c(CC(=O)NC2CCCN(C3CCN(C)CC3)C2)s1. The Kier molecular flexibility index (Phi) is 5.89. The minimum absolute atomic E-state index is 0.150. The molecule has 134 valence electrons. The Hall–Kier alpha value is -0.980. The van der Waals surface area contributed by atoms with Crippen LogP contribution in [0.2, 0.25) is 0 Å². The molecule has 0 aromatic carbocycles. The molecule has 1 unspecified atom stereocenters. The summed E-state index contributed by atoms with van der Waals surface area (Å²) in [4.78, 5) is 23.0. The molecule has 5 nitrogen and oxygen atoms in total. The van der Waals surface area contributed by atoms with Gasteiger partial charge in [0.25, 0.3) is 0 Å². The van der Waals surface area contributed by atoms with Crippen LogP contribution in [-0.4, -0.2) is 66.0 Å². The van der Waals surface area contributed by atoms with Crippen LogP contribution in [0.3, 0.4) is 0 Å². The van der Waals surface area contributed by atoms with E-state index in [9.17, 15) is 4.79 Å². The van der Waals surface area contributed by atoms with Crippen molar-refractivity contribution in [2.24, 2.45) is 0 Å². The van der Waals surface area contributed by atoms with Gasteiger partial charge in [-0.3, -0.25) is 9.69 Å². The molecule has 0 radical (unpaired) electrons. The van der Waals surface area contributed by atoms with Gasteiger partial charge < -0.3 is 10.2 Å². The lowest BCUT2D eigenvalue weighted by atomic mass is 9.98. The number of carbonyl (C=O) groups is 1. The van der Waals surface area contributed by atoms with E-state index in [4.69, 9.17) is 0 Å². The number of hydrogen-bond acceptors (Lipinski definition) is 5. The van der Waals surface area contributed by atoms with Gasteiger partial charge >= 0.3 is 0 Å². The molecule has 6 heteroatoms. The summed E-state index contributed by atoms with van der Waals surface area (Å²) in [5, 5.41) is 4.31. The van der Waals surface area contributed by atoms with E-state index in [0.717, 1.165) is 28.5 Å². The van der Waals surface area contributed by atoms with Gasteiger partial charge in [0.1, 0.15) is 0 Å². The zero-order valence-electron chi connectivity index (χ0n) is 15.2. The van der Waals surface area contributed by atoms with Gasteiger partial charge in [-0.25, -0.2) is 4.98 Å². The average molecular weight is 351 g/mol. The van der Waals surface area contributed by atoms with Crippen molar-refractivity contribution in [2.45, 2.75) is 58.0 Å². The summed E-state index contributed by atoms with van der Waals surface area (Å²) in [5.74, 6) is 0.150. The highest BCUT2D eigenvalue weighted by atomic mass is 32.1. The van der Waals surface area contributed by atoms with Crippen molar-refractivity contribution < 1.29 is 4.79 Å². The van der Waals surface area contributed by atoms with E-state index >= 15 is 0 Å². The molecule has 1 atom stereocenters. The number of nitrogens with one attached hydrogen (secondary N) is 1. The number of thiazole rings is 1. The fraction of sp³-hybridized carbons (Fsp3) is 0.778.